The Morgan fingerprint density at radius 1 is 1.08 bits per heavy atom. The van der Waals surface area contributed by atoms with Gasteiger partial charge in [0.15, 0.2) is 0 Å². The van der Waals surface area contributed by atoms with Gasteiger partial charge in [0.2, 0.25) is 0 Å². The van der Waals surface area contributed by atoms with Crippen molar-refractivity contribution >= 4 is 5.78 Å². The van der Waals surface area contributed by atoms with E-state index in [4.69, 9.17) is 0 Å². The molecule has 9 unspecified atom stereocenters. The fraction of sp³-hybridized carbons (Fsp3) is 0.952. The molecule has 25 heavy (non-hydrogen) atoms. The lowest BCUT2D eigenvalue weighted by Gasteiger charge is -2.61. The van der Waals surface area contributed by atoms with Gasteiger partial charge in [-0.3, -0.25) is 4.79 Å². The van der Waals surface area contributed by atoms with Crippen molar-refractivity contribution < 1.29 is 20.1 Å². The van der Waals surface area contributed by atoms with Gasteiger partial charge in [-0.2, -0.15) is 0 Å². The summed E-state index contributed by atoms with van der Waals surface area (Å²) in [4.78, 5) is 13.0. The van der Waals surface area contributed by atoms with Crippen molar-refractivity contribution in [1.29, 1.82) is 0 Å². The van der Waals surface area contributed by atoms with Crippen molar-refractivity contribution in [2.24, 2.45) is 34.5 Å². The molecule has 0 saturated heterocycles. The Balaban J connectivity index is 1.67. The SMILES string of the molecule is CC(O)C1(O)CCC2C3CCC4CC(O)CC(=O)C4(C)C3CCC21C. The lowest BCUT2D eigenvalue weighted by Crippen LogP contribution is -2.61. The van der Waals surface area contributed by atoms with Crippen LogP contribution in [0.3, 0.4) is 0 Å². The number of hydrogen-bond donors (Lipinski definition) is 3. The summed E-state index contributed by atoms with van der Waals surface area (Å²) < 4.78 is 0. The minimum atomic E-state index is -0.993. The minimum Gasteiger partial charge on any atom is -0.393 e. The Morgan fingerprint density at radius 2 is 1.76 bits per heavy atom. The van der Waals surface area contributed by atoms with Gasteiger partial charge in [0.25, 0.3) is 0 Å². The Labute approximate surface area is 151 Å². The fourth-order valence-corrected chi connectivity index (χ4v) is 7.81. The molecule has 0 aliphatic heterocycles. The zero-order valence-electron chi connectivity index (χ0n) is 15.9. The van der Waals surface area contributed by atoms with E-state index in [1.807, 2.05) is 0 Å². The minimum absolute atomic E-state index is 0.247. The molecule has 0 aromatic heterocycles. The average Bonchev–Trinajstić information content (AvgIpc) is 2.82. The smallest absolute Gasteiger partial charge is 0.141 e. The van der Waals surface area contributed by atoms with Gasteiger partial charge in [-0.1, -0.05) is 13.8 Å². The van der Waals surface area contributed by atoms with E-state index in [-0.39, 0.29) is 16.6 Å². The summed E-state index contributed by atoms with van der Waals surface area (Å²) in [6, 6.07) is 0. The molecular formula is C21H34O4. The third kappa shape index (κ3) is 2.14. The Morgan fingerprint density at radius 3 is 2.44 bits per heavy atom. The number of carbonyl (C=O) groups is 1. The quantitative estimate of drug-likeness (QED) is 0.679. The highest BCUT2D eigenvalue weighted by atomic mass is 16.3. The molecule has 0 bridgehead atoms. The number of hydrogen-bond acceptors (Lipinski definition) is 4. The molecule has 0 heterocycles. The van der Waals surface area contributed by atoms with Gasteiger partial charge in [-0.15, -0.1) is 0 Å². The maximum Gasteiger partial charge on any atom is 0.141 e. The lowest BCUT2D eigenvalue weighted by atomic mass is 9.44. The number of ketones is 1. The Bertz CT molecular complexity index is 574. The topological polar surface area (TPSA) is 77.8 Å². The molecule has 4 saturated carbocycles. The molecule has 4 aliphatic rings. The molecule has 4 nitrogen and oxygen atoms in total. The normalized spacial score (nSPS) is 56.7. The maximum atomic E-state index is 13.0. The van der Waals surface area contributed by atoms with Crippen molar-refractivity contribution in [3.8, 4) is 0 Å². The molecule has 0 spiro atoms. The van der Waals surface area contributed by atoms with Crippen LogP contribution in [0.25, 0.3) is 0 Å². The molecule has 3 N–H and O–H groups in total. The molecule has 4 heteroatoms. The van der Waals surface area contributed by atoms with Gasteiger partial charge >= 0.3 is 0 Å². The largest absolute Gasteiger partial charge is 0.393 e. The first kappa shape index (κ1) is 17.9. The number of aliphatic hydroxyl groups is 3. The zero-order chi connectivity index (χ0) is 18.2. The Kier molecular flexibility index (Phi) is 3.97. The lowest BCUT2D eigenvalue weighted by molar-refractivity contribution is -0.188. The second-order valence-corrected chi connectivity index (χ2v) is 10.0. The number of carbonyl (C=O) groups excluding carboxylic acids is 1. The second kappa shape index (κ2) is 5.53. The molecule has 9 atom stereocenters. The van der Waals surface area contributed by atoms with E-state index in [9.17, 15) is 20.1 Å². The third-order valence-corrected chi connectivity index (χ3v) is 9.39. The van der Waals surface area contributed by atoms with Gasteiger partial charge in [-0.25, -0.2) is 0 Å². The van der Waals surface area contributed by atoms with Crippen LogP contribution in [0.4, 0.5) is 0 Å². The van der Waals surface area contributed by atoms with E-state index in [1.54, 1.807) is 6.92 Å². The molecular weight excluding hydrogens is 316 g/mol. The van der Waals surface area contributed by atoms with Gasteiger partial charge < -0.3 is 15.3 Å². The van der Waals surface area contributed by atoms with Crippen LogP contribution < -0.4 is 0 Å². The van der Waals surface area contributed by atoms with Crippen molar-refractivity contribution in [2.75, 3.05) is 0 Å². The monoisotopic (exact) mass is 350 g/mol. The van der Waals surface area contributed by atoms with Crippen LogP contribution in [0.2, 0.25) is 0 Å². The summed E-state index contributed by atoms with van der Waals surface area (Å²) >= 11 is 0. The van der Waals surface area contributed by atoms with Crippen LogP contribution in [0.15, 0.2) is 0 Å². The molecule has 0 aromatic rings. The molecule has 0 radical (unpaired) electrons. The Hall–Kier alpha value is -0.450. The van der Waals surface area contributed by atoms with Crippen molar-refractivity contribution in [2.45, 2.75) is 89.9 Å². The van der Waals surface area contributed by atoms with Gasteiger partial charge in [0, 0.05) is 17.3 Å². The van der Waals surface area contributed by atoms with Gasteiger partial charge in [0.1, 0.15) is 5.78 Å². The first-order chi connectivity index (χ1) is 11.6. The summed E-state index contributed by atoms with van der Waals surface area (Å²) in [5, 5.41) is 31.6. The number of Topliss-reactive ketones (excluding diaryl/α,β-unsaturated/α-hetero) is 1. The summed E-state index contributed by atoms with van der Waals surface area (Å²) in [6.45, 7) is 6.07. The third-order valence-electron chi connectivity index (χ3n) is 9.39. The van der Waals surface area contributed by atoms with Crippen LogP contribution >= 0.6 is 0 Å². The van der Waals surface area contributed by atoms with Gasteiger partial charge in [0.05, 0.1) is 17.8 Å². The highest BCUT2D eigenvalue weighted by molar-refractivity contribution is 5.86. The molecule has 142 valence electrons. The predicted molar refractivity (Wildman–Crippen MR) is 94.8 cm³/mol. The summed E-state index contributed by atoms with van der Waals surface area (Å²) in [6.07, 6.45) is 5.50. The number of rotatable bonds is 1. The van der Waals surface area contributed by atoms with Crippen molar-refractivity contribution in [3.63, 3.8) is 0 Å². The molecule has 0 aromatic carbocycles. The highest BCUT2D eigenvalue weighted by Crippen LogP contribution is 2.68. The predicted octanol–water partition coefficient (Wildman–Crippen LogP) is 2.68. The summed E-state index contributed by atoms with van der Waals surface area (Å²) in [5.41, 5.74) is -1.54. The second-order valence-electron chi connectivity index (χ2n) is 10.0. The van der Waals surface area contributed by atoms with E-state index >= 15 is 0 Å². The van der Waals surface area contributed by atoms with E-state index in [2.05, 4.69) is 13.8 Å². The standard InChI is InChI=1S/C21H34O4/c1-12(22)21(25)9-7-16-15-5-4-13-10-14(23)11-18(24)20(13,3)17(15)6-8-19(16,21)2/h12-17,22-23,25H,4-11H2,1-3H3. The van der Waals surface area contributed by atoms with Crippen LogP contribution in [0, 0.1) is 34.5 Å². The van der Waals surface area contributed by atoms with Crippen molar-refractivity contribution in [3.05, 3.63) is 0 Å². The average molecular weight is 350 g/mol. The molecule has 4 aliphatic carbocycles. The first-order valence-corrected chi connectivity index (χ1v) is 10.3. The summed E-state index contributed by atoms with van der Waals surface area (Å²) in [5.74, 6) is 1.81. The maximum absolute atomic E-state index is 13.0. The molecule has 4 fully saturated rings. The van der Waals surface area contributed by atoms with E-state index in [0.29, 0.717) is 36.5 Å². The number of aliphatic hydroxyl groups excluding tert-OH is 2. The summed E-state index contributed by atoms with van der Waals surface area (Å²) in [7, 11) is 0. The van der Waals surface area contributed by atoms with Crippen LogP contribution in [0.5, 0.6) is 0 Å². The molecule has 0 amide bonds. The van der Waals surface area contributed by atoms with E-state index in [1.165, 1.54) is 0 Å². The zero-order valence-corrected chi connectivity index (χ0v) is 15.9. The molecule has 4 rings (SSSR count). The fourth-order valence-electron chi connectivity index (χ4n) is 7.81. The number of fused-ring (bicyclic) bond motifs is 5. The van der Waals surface area contributed by atoms with Crippen LogP contribution in [0.1, 0.15) is 72.1 Å². The van der Waals surface area contributed by atoms with E-state index < -0.39 is 17.8 Å². The highest BCUT2D eigenvalue weighted by Gasteiger charge is 2.66. The first-order valence-electron chi connectivity index (χ1n) is 10.3. The van der Waals surface area contributed by atoms with Crippen LogP contribution in [-0.2, 0) is 4.79 Å². The van der Waals surface area contributed by atoms with E-state index in [0.717, 1.165) is 38.5 Å². The van der Waals surface area contributed by atoms with Crippen molar-refractivity contribution in [1.82, 2.24) is 0 Å². The van der Waals surface area contributed by atoms with Crippen LogP contribution in [-0.4, -0.2) is 38.9 Å². The van der Waals surface area contributed by atoms with Gasteiger partial charge in [-0.05, 0) is 75.5 Å².